The van der Waals surface area contributed by atoms with Crippen LogP contribution in [0.15, 0.2) is 0 Å². The molecule has 0 radical (unpaired) electrons. The first kappa shape index (κ1) is 13.0. The molecule has 0 heterocycles. The Morgan fingerprint density at radius 3 is 2.53 bits per heavy atom. The van der Waals surface area contributed by atoms with Crippen LogP contribution in [0.4, 0.5) is 0 Å². The SMILES string of the molecule is CC[C@@H](CO)N[C@@H]1C[C@H](C)CC(C)(C)C1. The largest absolute Gasteiger partial charge is 0.395 e. The Morgan fingerprint density at radius 1 is 1.40 bits per heavy atom. The normalized spacial score (nSPS) is 32.6. The summed E-state index contributed by atoms with van der Waals surface area (Å²) in [5.74, 6) is 0.808. The number of aliphatic hydroxyl groups excluding tert-OH is 1. The van der Waals surface area contributed by atoms with E-state index in [2.05, 4.69) is 33.0 Å². The second-order valence-corrected chi connectivity index (χ2v) is 6.06. The van der Waals surface area contributed by atoms with Crippen molar-refractivity contribution in [3.63, 3.8) is 0 Å². The fraction of sp³-hybridized carbons (Fsp3) is 1.00. The third-order valence-electron chi connectivity index (χ3n) is 3.57. The summed E-state index contributed by atoms with van der Waals surface area (Å²) in [5, 5.41) is 12.8. The highest BCUT2D eigenvalue weighted by atomic mass is 16.3. The van der Waals surface area contributed by atoms with Crippen molar-refractivity contribution < 1.29 is 5.11 Å². The summed E-state index contributed by atoms with van der Waals surface area (Å²) in [5.41, 5.74) is 0.461. The number of rotatable bonds is 4. The van der Waals surface area contributed by atoms with Crippen molar-refractivity contribution in [1.82, 2.24) is 5.32 Å². The van der Waals surface area contributed by atoms with Crippen molar-refractivity contribution in [2.24, 2.45) is 11.3 Å². The first-order valence-corrected chi connectivity index (χ1v) is 6.33. The van der Waals surface area contributed by atoms with Crippen LogP contribution in [0.2, 0.25) is 0 Å². The van der Waals surface area contributed by atoms with Crippen LogP contribution in [0.25, 0.3) is 0 Å². The van der Waals surface area contributed by atoms with E-state index in [1.807, 2.05) is 0 Å². The molecule has 2 N–H and O–H groups in total. The first-order chi connectivity index (χ1) is 6.96. The van der Waals surface area contributed by atoms with Gasteiger partial charge in [-0.3, -0.25) is 0 Å². The second kappa shape index (κ2) is 5.31. The molecule has 0 spiro atoms. The van der Waals surface area contributed by atoms with Crippen LogP contribution in [-0.2, 0) is 0 Å². The molecule has 0 aromatic carbocycles. The molecule has 2 nitrogen and oxygen atoms in total. The van der Waals surface area contributed by atoms with Gasteiger partial charge in [0.1, 0.15) is 0 Å². The molecule has 3 atom stereocenters. The van der Waals surface area contributed by atoms with Gasteiger partial charge >= 0.3 is 0 Å². The lowest BCUT2D eigenvalue weighted by Crippen LogP contribution is -2.46. The lowest BCUT2D eigenvalue weighted by Gasteiger charge is -2.40. The Morgan fingerprint density at radius 2 is 2.07 bits per heavy atom. The van der Waals surface area contributed by atoms with Crippen LogP contribution in [0.3, 0.4) is 0 Å². The molecule has 1 rings (SSSR count). The molecule has 0 amide bonds. The summed E-state index contributed by atoms with van der Waals surface area (Å²) in [7, 11) is 0. The predicted octanol–water partition coefficient (Wildman–Crippen LogP) is 2.56. The minimum Gasteiger partial charge on any atom is -0.395 e. The average molecular weight is 213 g/mol. The Labute approximate surface area is 94.5 Å². The number of hydrogen-bond donors (Lipinski definition) is 2. The summed E-state index contributed by atoms with van der Waals surface area (Å²) >= 11 is 0. The molecule has 1 fully saturated rings. The molecule has 0 aliphatic heterocycles. The number of aliphatic hydroxyl groups is 1. The van der Waals surface area contributed by atoms with E-state index in [4.69, 9.17) is 0 Å². The van der Waals surface area contributed by atoms with Crippen molar-refractivity contribution in [2.75, 3.05) is 6.61 Å². The highest BCUT2D eigenvalue weighted by Gasteiger charge is 2.32. The molecule has 1 saturated carbocycles. The highest BCUT2D eigenvalue weighted by molar-refractivity contribution is 4.87. The highest BCUT2D eigenvalue weighted by Crippen LogP contribution is 2.38. The molecular weight excluding hydrogens is 186 g/mol. The lowest BCUT2D eigenvalue weighted by atomic mass is 9.70. The maximum absolute atomic E-state index is 9.19. The van der Waals surface area contributed by atoms with E-state index in [9.17, 15) is 5.11 Å². The van der Waals surface area contributed by atoms with Gasteiger partial charge in [0.25, 0.3) is 0 Å². The molecule has 0 saturated heterocycles. The van der Waals surface area contributed by atoms with E-state index in [1.54, 1.807) is 0 Å². The van der Waals surface area contributed by atoms with Gasteiger partial charge < -0.3 is 10.4 Å². The summed E-state index contributed by atoms with van der Waals surface area (Å²) in [6.07, 6.45) is 4.86. The van der Waals surface area contributed by atoms with Gasteiger partial charge in [-0.25, -0.2) is 0 Å². The number of nitrogens with one attached hydrogen (secondary N) is 1. The predicted molar refractivity (Wildman–Crippen MR) is 64.9 cm³/mol. The van der Waals surface area contributed by atoms with Gasteiger partial charge in [0.15, 0.2) is 0 Å². The van der Waals surface area contributed by atoms with Crippen LogP contribution >= 0.6 is 0 Å². The number of hydrogen-bond acceptors (Lipinski definition) is 2. The molecule has 1 aliphatic carbocycles. The van der Waals surface area contributed by atoms with Crippen molar-refractivity contribution in [2.45, 2.75) is 65.5 Å². The smallest absolute Gasteiger partial charge is 0.0584 e. The third-order valence-corrected chi connectivity index (χ3v) is 3.57. The average Bonchev–Trinajstić information content (AvgIpc) is 2.10. The molecule has 90 valence electrons. The fourth-order valence-corrected chi connectivity index (χ4v) is 3.11. The van der Waals surface area contributed by atoms with Crippen molar-refractivity contribution in [1.29, 1.82) is 0 Å². The summed E-state index contributed by atoms with van der Waals surface area (Å²) in [4.78, 5) is 0. The molecule has 2 heteroatoms. The van der Waals surface area contributed by atoms with Gasteiger partial charge in [-0.05, 0) is 37.0 Å². The van der Waals surface area contributed by atoms with Crippen molar-refractivity contribution in [3.8, 4) is 0 Å². The zero-order valence-electron chi connectivity index (χ0n) is 10.7. The maximum atomic E-state index is 9.19. The van der Waals surface area contributed by atoms with Crippen LogP contribution in [0.5, 0.6) is 0 Å². The van der Waals surface area contributed by atoms with Crippen molar-refractivity contribution >= 4 is 0 Å². The van der Waals surface area contributed by atoms with E-state index >= 15 is 0 Å². The van der Waals surface area contributed by atoms with Crippen LogP contribution in [-0.4, -0.2) is 23.8 Å². The van der Waals surface area contributed by atoms with E-state index < -0.39 is 0 Å². The van der Waals surface area contributed by atoms with Gasteiger partial charge in [0, 0.05) is 12.1 Å². The van der Waals surface area contributed by atoms with Gasteiger partial charge in [-0.2, -0.15) is 0 Å². The Hall–Kier alpha value is -0.0800. The van der Waals surface area contributed by atoms with Crippen LogP contribution < -0.4 is 5.32 Å². The molecule has 1 aliphatic rings. The summed E-state index contributed by atoms with van der Waals surface area (Å²) in [6.45, 7) is 9.46. The van der Waals surface area contributed by atoms with E-state index in [0.29, 0.717) is 11.5 Å². The van der Waals surface area contributed by atoms with Crippen LogP contribution in [0.1, 0.15) is 53.4 Å². The van der Waals surface area contributed by atoms with E-state index in [0.717, 1.165) is 12.3 Å². The maximum Gasteiger partial charge on any atom is 0.0584 e. The molecule has 0 bridgehead atoms. The minimum atomic E-state index is 0.266. The van der Waals surface area contributed by atoms with Gasteiger partial charge in [0.05, 0.1) is 6.61 Å². The second-order valence-electron chi connectivity index (χ2n) is 6.06. The standard InChI is InChI=1S/C13H27NO/c1-5-11(9-15)14-12-6-10(2)7-13(3,4)8-12/h10-12,14-15H,5-9H2,1-4H3/t10-,11-,12+/m0/s1. The van der Waals surface area contributed by atoms with E-state index in [-0.39, 0.29) is 12.6 Å². The third kappa shape index (κ3) is 4.12. The molecular formula is C13H27NO. The topological polar surface area (TPSA) is 32.3 Å². The lowest BCUT2D eigenvalue weighted by molar-refractivity contribution is 0.131. The Bertz CT molecular complexity index is 187. The molecule has 0 aromatic rings. The van der Waals surface area contributed by atoms with Crippen LogP contribution in [0, 0.1) is 11.3 Å². The van der Waals surface area contributed by atoms with Gasteiger partial charge in [-0.1, -0.05) is 27.7 Å². The Kier molecular flexibility index (Phi) is 4.60. The summed E-state index contributed by atoms with van der Waals surface area (Å²) in [6, 6.07) is 0.886. The zero-order valence-corrected chi connectivity index (χ0v) is 10.7. The molecule has 15 heavy (non-hydrogen) atoms. The molecule has 0 unspecified atom stereocenters. The van der Waals surface area contributed by atoms with Gasteiger partial charge in [-0.15, -0.1) is 0 Å². The minimum absolute atomic E-state index is 0.266. The van der Waals surface area contributed by atoms with Gasteiger partial charge in [0.2, 0.25) is 0 Å². The Balaban J connectivity index is 2.47. The first-order valence-electron chi connectivity index (χ1n) is 6.33. The fourth-order valence-electron chi connectivity index (χ4n) is 3.11. The molecule has 0 aromatic heterocycles. The zero-order chi connectivity index (χ0) is 11.5. The van der Waals surface area contributed by atoms with E-state index in [1.165, 1.54) is 19.3 Å². The monoisotopic (exact) mass is 213 g/mol. The summed E-state index contributed by atoms with van der Waals surface area (Å²) < 4.78 is 0. The van der Waals surface area contributed by atoms with Crippen molar-refractivity contribution in [3.05, 3.63) is 0 Å². The quantitative estimate of drug-likeness (QED) is 0.752.